The Morgan fingerprint density at radius 2 is 2.21 bits per heavy atom. The maximum Gasteiger partial charge on any atom is 0.254 e. The standard InChI is InChI=1S/C13H16Cl2N2O2/c1-8(16)12-7-17(4-5-19-12)13(18)9-2-3-10(14)11(15)6-9/h2-3,6,8,12H,4-5,7,16H2,1H3. The van der Waals surface area contributed by atoms with E-state index in [2.05, 4.69) is 0 Å². The van der Waals surface area contributed by atoms with Crippen LogP contribution in [-0.2, 0) is 4.74 Å². The van der Waals surface area contributed by atoms with Crippen LogP contribution >= 0.6 is 23.2 Å². The zero-order chi connectivity index (χ0) is 14.0. The minimum Gasteiger partial charge on any atom is -0.373 e. The molecule has 1 aromatic rings. The summed E-state index contributed by atoms with van der Waals surface area (Å²) >= 11 is 11.8. The SMILES string of the molecule is CC(N)C1CN(C(=O)c2ccc(Cl)c(Cl)c2)CCO1. The number of nitrogens with zero attached hydrogens (tertiary/aromatic N) is 1. The average Bonchev–Trinajstić information content (AvgIpc) is 2.41. The molecule has 0 spiro atoms. The molecule has 104 valence electrons. The number of halogens is 2. The number of rotatable bonds is 2. The highest BCUT2D eigenvalue weighted by molar-refractivity contribution is 6.42. The van der Waals surface area contributed by atoms with Crippen LogP contribution in [0, 0.1) is 0 Å². The Hall–Kier alpha value is -0.810. The molecule has 0 radical (unpaired) electrons. The van der Waals surface area contributed by atoms with Gasteiger partial charge in [-0.2, -0.15) is 0 Å². The predicted molar refractivity (Wildman–Crippen MR) is 75.8 cm³/mol. The Balaban J connectivity index is 2.12. The largest absolute Gasteiger partial charge is 0.373 e. The lowest BCUT2D eigenvalue weighted by Gasteiger charge is -2.34. The zero-order valence-corrected chi connectivity index (χ0v) is 12.1. The maximum atomic E-state index is 12.4. The molecule has 6 heteroatoms. The van der Waals surface area contributed by atoms with Crippen molar-refractivity contribution in [3.05, 3.63) is 33.8 Å². The second kappa shape index (κ2) is 6.09. The monoisotopic (exact) mass is 302 g/mol. The molecule has 0 saturated carbocycles. The Kier molecular flexibility index (Phi) is 4.68. The maximum absolute atomic E-state index is 12.4. The molecule has 1 aliphatic heterocycles. The van der Waals surface area contributed by atoms with E-state index in [9.17, 15) is 4.79 Å². The van der Waals surface area contributed by atoms with Gasteiger partial charge in [0.25, 0.3) is 5.91 Å². The van der Waals surface area contributed by atoms with Crippen LogP contribution in [0.5, 0.6) is 0 Å². The normalized spacial score (nSPS) is 21.3. The summed E-state index contributed by atoms with van der Waals surface area (Å²) in [6.45, 7) is 3.43. The number of nitrogens with two attached hydrogens (primary N) is 1. The van der Waals surface area contributed by atoms with Gasteiger partial charge in [-0.15, -0.1) is 0 Å². The third-order valence-corrected chi connectivity index (χ3v) is 3.87. The second-order valence-corrected chi connectivity index (χ2v) is 5.46. The van der Waals surface area contributed by atoms with E-state index in [0.717, 1.165) is 0 Å². The smallest absolute Gasteiger partial charge is 0.254 e. The number of ether oxygens (including phenoxy) is 1. The minimum atomic E-state index is -0.125. The summed E-state index contributed by atoms with van der Waals surface area (Å²) in [5, 5.41) is 0.818. The summed E-state index contributed by atoms with van der Waals surface area (Å²) in [5.74, 6) is -0.0764. The summed E-state index contributed by atoms with van der Waals surface area (Å²) in [6.07, 6.45) is -0.125. The average molecular weight is 303 g/mol. The zero-order valence-electron chi connectivity index (χ0n) is 10.6. The lowest BCUT2D eigenvalue weighted by molar-refractivity contribution is -0.0300. The molecule has 2 N–H and O–H groups in total. The Bertz CT molecular complexity index is 480. The molecule has 1 amide bonds. The molecular weight excluding hydrogens is 287 g/mol. The number of benzene rings is 1. The fourth-order valence-corrected chi connectivity index (χ4v) is 2.29. The van der Waals surface area contributed by atoms with Crippen molar-refractivity contribution in [3.8, 4) is 0 Å². The number of hydrogen-bond acceptors (Lipinski definition) is 3. The number of morpholine rings is 1. The van der Waals surface area contributed by atoms with Crippen LogP contribution < -0.4 is 5.73 Å². The van der Waals surface area contributed by atoms with Gasteiger partial charge >= 0.3 is 0 Å². The molecular formula is C13H16Cl2N2O2. The summed E-state index contributed by atoms with van der Waals surface area (Å²) in [6, 6.07) is 4.78. The first-order valence-corrected chi connectivity index (χ1v) is 6.86. The summed E-state index contributed by atoms with van der Waals surface area (Å²) in [7, 11) is 0. The van der Waals surface area contributed by atoms with Crippen molar-refractivity contribution >= 4 is 29.1 Å². The lowest BCUT2D eigenvalue weighted by atomic mass is 10.1. The van der Waals surface area contributed by atoms with Crippen LogP contribution in [0.4, 0.5) is 0 Å². The van der Waals surface area contributed by atoms with Gasteiger partial charge in [0.05, 0.1) is 22.8 Å². The van der Waals surface area contributed by atoms with E-state index in [0.29, 0.717) is 35.3 Å². The molecule has 19 heavy (non-hydrogen) atoms. The van der Waals surface area contributed by atoms with Gasteiger partial charge in [-0.1, -0.05) is 23.2 Å². The van der Waals surface area contributed by atoms with Gasteiger partial charge in [0, 0.05) is 24.7 Å². The van der Waals surface area contributed by atoms with E-state index < -0.39 is 0 Å². The first-order chi connectivity index (χ1) is 8.99. The van der Waals surface area contributed by atoms with Crippen molar-refractivity contribution in [1.82, 2.24) is 4.90 Å². The Morgan fingerprint density at radius 3 is 2.84 bits per heavy atom. The first kappa shape index (κ1) is 14.6. The van der Waals surface area contributed by atoms with E-state index in [4.69, 9.17) is 33.7 Å². The molecule has 2 atom stereocenters. The second-order valence-electron chi connectivity index (χ2n) is 4.65. The van der Waals surface area contributed by atoms with Crippen molar-refractivity contribution in [3.63, 3.8) is 0 Å². The van der Waals surface area contributed by atoms with Gasteiger partial charge in [0.1, 0.15) is 0 Å². The van der Waals surface area contributed by atoms with Gasteiger partial charge < -0.3 is 15.4 Å². The van der Waals surface area contributed by atoms with Gasteiger partial charge in [-0.05, 0) is 25.1 Å². The predicted octanol–water partition coefficient (Wildman–Crippen LogP) is 2.18. The third-order valence-electron chi connectivity index (χ3n) is 3.13. The van der Waals surface area contributed by atoms with E-state index in [1.165, 1.54) is 0 Å². The highest BCUT2D eigenvalue weighted by Crippen LogP contribution is 2.23. The number of hydrogen-bond donors (Lipinski definition) is 1. The highest BCUT2D eigenvalue weighted by Gasteiger charge is 2.27. The van der Waals surface area contributed by atoms with Gasteiger partial charge in [-0.3, -0.25) is 4.79 Å². The quantitative estimate of drug-likeness (QED) is 0.911. The molecule has 1 fully saturated rings. The van der Waals surface area contributed by atoms with Crippen molar-refractivity contribution in [1.29, 1.82) is 0 Å². The molecule has 2 rings (SSSR count). The molecule has 1 aromatic carbocycles. The van der Waals surface area contributed by atoms with Crippen LogP contribution in [0.2, 0.25) is 10.0 Å². The molecule has 0 aliphatic carbocycles. The number of amides is 1. The molecule has 1 heterocycles. The van der Waals surface area contributed by atoms with E-state index in [-0.39, 0.29) is 18.1 Å². The lowest BCUT2D eigenvalue weighted by Crippen LogP contribution is -2.51. The van der Waals surface area contributed by atoms with Crippen LogP contribution in [0.25, 0.3) is 0 Å². The van der Waals surface area contributed by atoms with E-state index >= 15 is 0 Å². The summed E-state index contributed by atoms with van der Waals surface area (Å²) < 4.78 is 5.53. The molecule has 4 nitrogen and oxygen atoms in total. The van der Waals surface area contributed by atoms with Crippen molar-refractivity contribution in [2.45, 2.75) is 19.1 Å². The van der Waals surface area contributed by atoms with Gasteiger partial charge in [0.15, 0.2) is 0 Å². The van der Waals surface area contributed by atoms with E-state index in [1.54, 1.807) is 23.1 Å². The number of carbonyl (C=O) groups is 1. The van der Waals surface area contributed by atoms with Crippen LogP contribution in [0.1, 0.15) is 17.3 Å². The molecule has 0 aromatic heterocycles. The van der Waals surface area contributed by atoms with Crippen molar-refractivity contribution in [2.24, 2.45) is 5.73 Å². The van der Waals surface area contributed by atoms with Crippen LogP contribution in [0.15, 0.2) is 18.2 Å². The van der Waals surface area contributed by atoms with Gasteiger partial charge in [-0.25, -0.2) is 0 Å². The van der Waals surface area contributed by atoms with Gasteiger partial charge in [0.2, 0.25) is 0 Å². The molecule has 2 unspecified atom stereocenters. The molecule has 0 bridgehead atoms. The third kappa shape index (κ3) is 3.39. The van der Waals surface area contributed by atoms with Crippen LogP contribution in [-0.4, -0.2) is 42.6 Å². The van der Waals surface area contributed by atoms with Crippen LogP contribution in [0.3, 0.4) is 0 Å². The minimum absolute atomic E-state index is 0.0764. The highest BCUT2D eigenvalue weighted by atomic mass is 35.5. The summed E-state index contributed by atoms with van der Waals surface area (Å²) in [5.41, 5.74) is 6.34. The fourth-order valence-electron chi connectivity index (χ4n) is 1.99. The molecule has 1 saturated heterocycles. The van der Waals surface area contributed by atoms with Crippen molar-refractivity contribution < 1.29 is 9.53 Å². The summed E-state index contributed by atoms with van der Waals surface area (Å²) in [4.78, 5) is 14.1. The first-order valence-electron chi connectivity index (χ1n) is 6.10. The fraction of sp³-hybridized carbons (Fsp3) is 0.462. The Morgan fingerprint density at radius 1 is 1.47 bits per heavy atom. The Labute approximate surface area is 122 Å². The van der Waals surface area contributed by atoms with Crippen molar-refractivity contribution in [2.75, 3.05) is 19.7 Å². The molecule has 1 aliphatic rings. The topological polar surface area (TPSA) is 55.6 Å². The van der Waals surface area contributed by atoms with E-state index in [1.807, 2.05) is 6.92 Å². The number of carbonyl (C=O) groups excluding carboxylic acids is 1.